The van der Waals surface area contributed by atoms with E-state index in [2.05, 4.69) is 13.5 Å². The van der Waals surface area contributed by atoms with E-state index in [1.807, 2.05) is 6.92 Å². The Morgan fingerprint density at radius 2 is 1.00 bits per heavy atom. The van der Waals surface area contributed by atoms with Crippen LogP contribution in [0.2, 0.25) is 0 Å². The van der Waals surface area contributed by atoms with Crippen LogP contribution in [0.3, 0.4) is 0 Å². The molecule has 31 atom stereocenters. The minimum absolute atomic E-state index is 0.0256. The highest BCUT2D eigenvalue weighted by Crippen LogP contribution is 2.74. The van der Waals surface area contributed by atoms with Gasteiger partial charge in [0.1, 0.15) is 104 Å². The fraction of sp³-hybridized carbons (Fsp3) is 0.940. The van der Waals surface area contributed by atoms with Gasteiger partial charge in [-0.2, -0.15) is 0 Å². The van der Waals surface area contributed by atoms with Crippen LogP contribution < -0.4 is 0 Å². The summed E-state index contributed by atoms with van der Waals surface area (Å²) in [5, 5.41) is 161. The van der Waals surface area contributed by atoms with Crippen molar-refractivity contribution in [3.63, 3.8) is 0 Å². The van der Waals surface area contributed by atoms with Crippen LogP contribution in [0.15, 0.2) is 12.2 Å². The van der Waals surface area contributed by atoms with Crippen LogP contribution in [-0.4, -0.2) is 262 Å². The highest BCUT2D eigenvalue weighted by molar-refractivity contribution is 5.77. The van der Waals surface area contributed by atoms with Gasteiger partial charge in [0.25, 0.3) is 0 Å². The van der Waals surface area contributed by atoms with Gasteiger partial charge >= 0.3 is 5.97 Å². The lowest BCUT2D eigenvalue weighted by Gasteiger charge is -2.64. The van der Waals surface area contributed by atoms with Gasteiger partial charge in [-0.3, -0.25) is 4.79 Å². The highest BCUT2D eigenvalue weighted by atomic mass is 16.8. The third-order valence-corrected chi connectivity index (χ3v) is 19.1. The maximum absolute atomic E-state index is 14.9. The van der Waals surface area contributed by atoms with Crippen molar-refractivity contribution in [2.24, 2.45) is 28.1 Å². The zero-order chi connectivity index (χ0) is 55.3. The predicted octanol–water partition coefficient (Wildman–Crippen LogP) is -5.23. The number of carbonyl (C=O) groups excluding carboxylic acids is 1. The molecule has 0 radical (unpaired) electrons. The molecule has 26 heteroatoms. The average molecular weight is 1100 g/mol. The van der Waals surface area contributed by atoms with Crippen LogP contribution in [0, 0.1) is 28.1 Å². The topological polar surface area (TPSA) is 413 Å². The van der Waals surface area contributed by atoms with Crippen molar-refractivity contribution in [3.8, 4) is 0 Å². The molecule has 9 fully saturated rings. The molecule has 4 aliphatic carbocycles. The summed E-state index contributed by atoms with van der Waals surface area (Å²) < 4.78 is 60.8. The molecule has 0 amide bonds. The van der Waals surface area contributed by atoms with E-state index in [1.54, 1.807) is 0 Å². The molecule has 15 N–H and O–H groups in total. The molecule has 0 aromatic heterocycles. The number of aliphatic hydroxyl groups is 15. The van der Waals surface area contributed by atoms with E-state index in [1.165, 1.54) is 13.8 Å². The third kappa shape index (κ3) is 9.92. The Hall–Kier alpha value is -1.75. The normalized spacial score (nSPS) is 55.6. The van der Waals surface area contributed by atoms with Crippen molar-refractivity contribution in [2.45, 2.75) is 245 Å². The summed E-state index contributed by atoms with van der Waals surface area (Å²) in [5.41, 5.74) is -2.57. The number of aliphatic hydroxyl groups excluding tert-OH is 15. The predicted molar refractivity (Wildman–Crippen MR) is 249 cm³/mol. The molecule has 1 spiro atoms. The van der Waals surface area contributed by atoms with Crippen molar-refractivity contribution in [1.29, 1.82) is 0 Å². The van der Waals surface area contributed by atoms with E-state index in [0.29, 0.717) is 56.9 Å². The van der Waals surface area contributed by atoms with Gasteiger partial charge in [-0.1, -0.05) is 19.9 Å². The number of hydrogen-bond donors (Lipinski definition) is 15. The first-order chi connectivity index (χ1) is 35.8. The van der Waals surface area contributed by atoms with E-state index in [9.17, 15) is 81.4 Å². The summed E-state index contributed by atoms with van der Waals surface area (Å²) in [4.78, 5) is 14.9. The standard InChI is InChI=1S/C50H80O26/c1-18-13-49-11-7-24-47(4,9-6-10-48(24,5)46(66)75-44-39(34(62)29(57)22(15-52)70-44)73-41-35(63)31(59)26(54)19(2)67-41)25(49)8-12-50(18,17-49)76-45-40(74-42-36(64)32(60)27(55)20(3)68-42)38(30(58)23(16-53)71-45)72-43-37(65)33(61)28(56)21(14-51)69-43/h19-45,51-65H,1,6-17H2,2-5H3/t19?,20?,21?,22?,23?,24?,25-,26-,27-,28+,29+,30+,31-,32-,33-,34-,35?,36?,37?,38-,39?,40?,41-,42-,43-,44+,45-,47+,48+,49+,50?/m0/s1. The lowest BCUT2D eigenvalue weighted by molar-refractivity contribution is -0.398. The highest BCUT2D eigenvalue weighted by Gasteiger charge is 2.70. The van der Waals surface area contributed by atoms with Gasteiger partial charge in [0.2, 0.25) is 6.29 Å². The maximum atomic E-state index is 14.9. The fourth-order valence-corrected chi connectivity index (χ4v) is 14.8. The number of carbonyl (C=O) groups is 1. The quantitative estimate of drug-likeness (QED) is 0.0465. The largest absolute Gasteiger partial charge is 0.432 e. The van der Waals surface area contributed by atoms with E-state index in [-0.39, 0.29) is 11.8 Å². The average Bonchev–Trinajstić information content (AvgIpc) is 3.60. The van der Waals surface area contributed by atoms with Crippen molar-refractivity contribution >= 4 is 5.97 Å². The summed E-state index contributed by atoms with van der Waals surface area (Å²) >= 11 is 0. The van der Waals surface area contributed by atoms with Crippen molar-refractivity contribution in [2.75, 3.05) is 19.8 Å². The van der Waals surface area contributed by atoms with Gasteiger partial charge in [0, 0.05) is 0 Å². The summed E-state index contributed by atoms with van der Waals surface area (Å²) in [5.74, 6) is -0.999. The lowest BCUT2D eigenvalue weighted by atomic mass is 9.41. The Balaban J connectivity index is 0.965. The molecule has 4 saturated carbocycles. The summed E-state index contributed by atoms with van der Waals surface area (Å²) in [6.07, 6.45) is -36.5. The molecule has 5 saturated heterocycles. The molecule has 5 aliphatic heterocycles. The smallest absolute Gasteiger partial charge is 0.314 e. The van der Waals surface area contributed by atoms with E-state index >= 15 is 0 Å². The number of esters is 1. The molecule has 12 unspecified atom stereocenters. The molecule has 26 nitrogen and oxygen atoms in total. The number of ether oxygens (including phenoxy) is 10. The Morgan fingerprint density at radius 1 is 0.526 bits per heavy atom. The minimum Gasteiger partial charge on any atom is -0.432 e. The minimum atomic E-state index is -1.95. The van der Waals surface area contributed by atoms with E-state index < -0.39 is 201 Å². The number of rotatable bonds is 13. The molecular weight excluding hydrogens is 1020 g/mol. The molecule has 76 heavy (non-hydrogen) atoms. The first kappa shape index (κ1) is 58.9. The zero-order valence-electron chi connectivity index (χ0n) is 43.0. The number of hydrogen-bond acceptors (Lipinski definition) is 26. The third-order valence-electron chi connectivity index (χ3n) is 19.1. The van der Waals surface area contributed by atoms with Gasteiger partial charge in [-0.05, 0) is 100 Å². The molecule has 0 aromatic rings. The fourth-order valence-electron chi connectivity index (χ4n) is 14.8. The lowest BCUT2D eigenvalue weighted by Crippen LogP contribution is -2.67. The second-order valence-corrected chi connectivity index (χ2v) is 23.6. The van der Waals surface area contributed by atoms with Gasteiger partial charge in [-0.25, -0.2) is 0 Å². The van der Waals surface area contributed by atoms with E-state index in [0.717, 1.165) is 6.42 Å². The van der Waals surface area contributed by atoms with Crippen molar-refractivity contribution in [1.82, 2.24) is 0 Å². The van der Waals surface area contributed by atoms with Crippen LogP contribution in [0.4, 0.5) is 0 Å². The molecule has 436 valence electrons. The number of fused-ring (bicyclic) bond motifs is 3. The van der Waals surface area contributed by atoms with Crippen LogP contribution >= 0.6 is 0 Å². The second kappa shape index (κ2) is 22.2. The van der Waals surface area contributed by atoms with Crippen LogP contribution in [-0.2, 0) is 52.2 Å². The molecule has 5 heterocycles. The molecule has 2 bridgehead atoms. The Labute approximate surface area is 438 Å². The Bertz CT molecular complexity index is 2040. The first-order valence-corrected chi connectivity index (χ1v) is 26.6. The van der Waals surface area contributed by atoms with Crippen LogP contribution in [0.25, 0.3) is 0 Å². The van der Waals surface area contributed by atoms with Gasteiger partial charge < -0.3 is 124 Å². The van der Waals surface area contributed by atoms with Crippen molar-refractivity contribution in [3.05, 3.63) is 12.2 Å². The first-order valence-electron chi connectivity index (χ1n) is 26.6. The summed E-state index contributed by atoms with van der Waals surface area (Å²) in [6, 6.07) is 0. The summed E-state index contributed by atoms with van der Waals surface area (Å²) in [6.45, 7) is 9.00. The molecule has 9 rings (SSSR count). The van der Waals surface area contributed by atoms with Crippen LogP contribution in [0.1, 0.15) is 85.5 Å². The summed E-state index contributed by atoms with van der Waals surface area (Å²) in [7, 11) is 0. The van der Waals surface area contributed by atoms with Gasteiger partial charge in [-0.15, -0.1) is 0 Å². The van der Waals surface area contributed by atoms with E-state index in [4.69, 9.17) is 47.4 Å². The van der Waals surface area contributed by atoms with Gasteiger partial charge in [0.15, 0.2) is 31.3 Å². The molecule has 0 aromatic carbocycles. The van der Waals surface area contributed by atoms with Crippen molar-refractivity contribution < 1.29 is 129 Å². The van der Waals surface area contributed by atoms with Gasteiger partial charge in [0.05, 0.1) is 43.0 Å². The Morgan fingerprint density at radius 3 is 1.58 bits per heavy atom. The molecular formula is C50H80O26. The SMILES string of the molecule is C=C1C[C@@]23CCC4[C@](C)(C(=O)O[C@H]5OC(CO)[C@@H](O)[C@H](O)C5O[C@@H]5OC(C)[C@H](O)[C@H](O)C5O)CCC[C@@]4(C)[C@@H]2CCC1(O[C@@H]1OC(CO)[C@@H](O)[C@H](O[C@@H]2OC(CO)[C@@H](O)[C@H](O)C2O)C1O[C@@H]1OC(C)[C@H](O)[C@H](O)C1O)C3. The maximum Gasteiger partial charge on any atom is 0.314 e. The monoisotopic (exact) mass is 1100 g/mol. The van der Waals surface area contributed by atoms with Crippen LogP contribution in [0.5, 0.6) is 0 Å². The Kier molecular flexibility index (Phi) is 17.2. The molecule has 9 aliphatic rings. The zero-order valence-corrected chi connectivity index (χ0v) is 43.0. The second-order valence-electron chi connectivity index (χ2n) is 23.6.